The number of fused-ring (bicyclic) bond motifs is 2. The molecule has 16 heavy (non-hydrogen) atoms. The Morgan fingerprint density at radius 2 is 2.06 bits per heavy atom. The van der Waals surface area contributed by atoms with Crippen LogP contribution in [0.2, 0.25) is 0 Å². The molecule has 4 unspecified atom stereocenters. The van der Waals surface area contributed by atoms with Gasteiger partial charge in [-0.15, -0.1) is 0 Å². The second-order valence-electron chi connectivity index (χ2n) is 5.68. The molecule has 0 aromatic heterocycles. The predicted molar refractivity (Wildman–Crippen MR) is 66.3 cm³/mol. The lowest BCUT2D eigenvalue weighted by Crippen LogP contribution is -2.42. The highest BCUT2D eigenvalue weighted by molar-refractivity contribution is 4.99. The maximum Gasteiger partial charge on any atom is 0.0474 e. The topological polar surface area (TPSA) is 38.5 Å². The van der Waals surface area contributed by atoms with Crippen LogP contribution < -0.4 is 5.73 Å². The summed E-state index contributed by atoms with van der Waals surface area (Å²) in [5.74, 6) is 2.51. The summed E-state index contributed by atoms with van der Waals surface area (Å²) in [4.78, 5) is 2.43. The van der Waals surface area contributed by atoms with E-state index >= 15 is 0 Å². The van der Waals surface area contributed by atoms with Gasteiger partial charge in [-0.05, 0) is 50.5 Å². The number of ether oxygens (including phenoxy) is 1. The average molecular weight is 226 g/mol. The summed E-state index contributed by atoms with van der Waals surface area (Å²) in [7, 11) is 3.99. The van der Waals surface area contributed by atoms with Gasteiger partial charge in [-0.3, -0.25) is 0 Å². The molecule has 2 rings (SSSR count). The average Bonchev–Trinajstić information content (AvgIpc) is 2.83. The molecule has 2 aliphatic carbocycles. The van der Waals surface area contributed by atoms with Crippen molar-refractivity contribution in [3.63, 3.8) is 0 Å². The molecule has 2 saturated carbocycles. The van der Waals surface area contributed by atoms with Crippen LogP contribution in [0.3, 0.4) is 0 Å². The van der Waals surface area contributed by atoms with E-state index in [0.29, 0.717) is 6.04 Å². The molecule has 2 bridgehead atoms. The van der Waals surface area contributed by atoms with E-state index in [-0.39, 0.29) is 0 Å². The van der Waals surface area contributed by atoms with Gasteiger partial charge in [0.05, 0.1) is 0 Å². The highest BCUT2D eigenvalue weighted by Crippen LogP contribution is 2.47. The summed E-state index contributed by atoms with van der Waals surface area (Å²) < 4.78 is 5.08. The van der Waals surface area contributed by atoms with Crippen molar-refractivity contribution in [1.82, 2.24) is 4.90 Å². The molecule has 0 aromatic carbocycles. The minimum Gasteiger partial charge on any atom is -0.385 e. The molecule has 2 fully saturated rings. The second kappa shape index (κ2) is 5.48. The van der Waals surface area contributed by atoms with Crippen molar-refractivity contribution < 1.29 is 4.74 Å². The number of hydrogen-bond acceptors (Lipinski definition) is 3. The molecule has 0 amide bonds. The molecule has 0 saturated heterocycles. The van der Waals surface area contributed by atoms with Gasteiger partial charge in [0.2, 0.25) is 0 Å². The SMILES string of the molecule is COCCCN(C)CC1C2CCC(C2)C1N. The molecular weight excluding hydrogens is 200 g/mol. The zero-order valence-electron chi connectivity index (χ0n) is 10.7. The first-order valence-electron chi connectivity index (χ1n) is 6.65. The van der Waals surface area contributed by atoms with Crippen molar-refractivity contribution in [3.05, 3.63) is 0 Å². The summed E-state index contributed by atoms with van der Waals surface area (Å²) in [5, 5.41) is 0. The van der Waals surface area contributed by atoms with Crippen molar-refractivity contribution in [3.8, 4) is 0 Å². The number of hydrogen-bond donors (Lipinski definition) is 1. The zero-order chi connectivity index (χ0) is 11.5. The van der Waals surface area contributed by atoms with Crippen molar-refractivity contribution in [2.24, 2.45) is 23.5 Å². The smallest absolute Gasteiger partial charge is 0.0474 e. The van der Waals surface area contributed by atoms with Crippen molar-refractivity contribution in [2.45, 2.75) is 31.7 Å². The normalized spacial score (nSPS) is 37.5. The van der Waals surface area contributed by atoms with Crippen LogP contribution >= 0.6 is 0 Å². The van der Waals surface area contributed by atoms with Gasteiger partial charge in [-0.1, -0.05) is 0 Å². The Kier molecular flexibility index (Phi) is 4.22. The summed E-state index contributed by atoms with van der Waals surface area (Å²) >= 11 is 0. The Bertz CT molecular complexity index is 220. The number of rotatable bonds is 6. The molecule has 2 aliphatic rings. The van der Waals surface area contributed by atoms with E-state index in [2.05, 4.69) is 11.9 Å². The van der Waals surface area contributed by atoms with E-state index in [0.717, 1.165) is 37.3 Å². The molecule has 2 N–H and O–H groups in total. The van der Waals surface area contributed by atoms with Crippen LogP contribution in [-0.4, -0.2) is 44.8 Å². The Morgan fingerprint density at radius 1 is 1.31 bits per heavy atom. The highest BCUT2D eigenvalue weighted by Gasteiger charge is 2.45. The predicted octanol–water partition coefficient (Wildman–Crippen LogP) is 1.33. The highest BCUT2D eigenvalue weighted by atomic mass is 16.5. The van der Waals surface area contributed by atoms with Crippen LogP contribution in [0.1, 0.15) is 25.7 Å². The molecular formula is C13H26N2O. The lowest BCUT2D eigenvalue weighted by atomic mass is 9.84. The van der Waals surface area contributed by atoms with Crippen LogP contribution in [0, 0.1) is 17.8 Å². The molecule has 0 heterocycles. The summed E-state index contributed by atoms with van der Waals surface area (Å²) in [6.45, 7) is 3.19. The van der Waals surface area contributed by atoms with Crippen molar-refractivity contribution in [1.29, 1.82) is 0 Å². The monoisotopic (exact) mass is 226 g/mol. The van der Waals surface area contributed by atoms with Gasteiger partial charge in [0.25, 0.3) is 0 Å². The number of nitrogens with zero attached hydrogens (tertiary/aromatic N) is 1. The standard InChI is InChI=1S/C13H26N2O/c1-15(6-3-7-16-2)9-12-10-4-5-11(8-10)13(12)14/h10-13H,3-9,14H2,1-2H3. The van der Waals surface area contributed by atoms with Gasteiger partial charge in [0.1, 0.15) is 0 Å². The third kappa shape index (κ3) is 2.58. The van der Waals surface area contributed by atoms with Crippen molar-refractivity contribution in [2.75, 3.05) is 33.9 Å². The van der Waals surface area contributed by atoms with E-state index in [9.17, 15) is 0 Å². The molecule has 0 spiro atoms. The first kappa shape index (κ1) is 12.3. The Hall–Kier alpha value is -0.120. The third-order valence-electron chi connectivity index (χ3n) is 4.57. The molecule has 0 aromatic rings. The lowest BCUT2D eigenvalue weighted by Gasteiger charge is -2.31. The van der Waals surface area contributed by atoms with Gasteiger partial charge >= 0.3 is 0 Å². The Balaban J connectivity index is 1.72. The van der Waals surface area contributed by atoms with Crippen molar-refractivity contribution >= 4 is 0 Å². The van der Waals surface area contributed by atoms with Gasteiger partial charge in [-0.25, -0.2) is 0 Å². The van der Waals surface area contributed by atoms with E-state index in [4.69, 9.17) is 10.5 Å². The summed E-state index contributed by atoms with van der Waals surface area (Å²) in [6.07, 6.45) is 5.34. The van der Waals surface area contributed by atoms with E-state index in [1.165, 1.54) is 25.8 Å². The van der Waals surface area contributed by atoms with Gasteiger partial charge in [0, 0.05) is 32.8 Å². The molecule has 4 atom stereocenters. The van der Waals surface area contributed by atoms with Crippen LogP contribution in [0.15, 0.2) is 0 Å². The maximum atomic E-state index is 6.32. The third-order valence-corrected chi connectivity index (χ3v) is 4.57. The minimum atomic E-state index is 0.476. The fourth-order valence-electron chi connectivity index (χ4n) is 3.66. The summed E-state index contributed by atoms with van der Waals surface area (Å²) in [5.41, 5.74) is 6.32. The maximum absolute atomic E-state index is 6.32. The molecule has 0 radical (unpaired) electrons. The number of methoxy groups -OCH3 is 1. The minimum absolute atomic E-state index is 0.476. The lowest BCUT2D eigenvalue weighted by molar-refractivity contribution is 0.160. The van der Waals surface area contributed by atoms with Crippen LogP contribution in [-0.2, 0) is 4.74 Å². The molecule has 3 heteroatoms. The van der Waals surface area contributed by atoms with Crippen LogP contribution in [0.25, 0.3) is 0 Å². The fourth-order valence-corrected chi connectivity index (χ4v) is 3.66. The summed E-state index contributed by atoms with van der Waals surface area (Å²) in [6, 6.07) is 0.476. The molecule has 94 valence electrons. The second-order valence-corrected chi connectivity index (χ2v) is 5.68. The molecule has 3 nitrogen and oxygen atoms in total. The largest absolute Gasteiger partial charge is 0.385 e. The Morgan fingerprint density at radius 3 is 2.69 bits per heavy atom. The quantitative estimate of drug-likeness (QED) is 0.694. The van der Waals surface area contributed by atoms with E-state index in [1.54, 1.807) is 7.11 Å². The van der Waals surface area contributed by atoms with Gasteiger partial charge in [-0.2, -0.15) is 0 Å². The van der Waals surface area contributed by atoms with Crippen LogP contribution in [0.4, 0.5) is 0 Å². The first-order valence-corrected chi connectivity index (χ1v) is 6.65. The van der Waals surface area contributed by atoms with Crippen LogP contribution in [0.5, 0.6) is 0 Å². The fraction of sp³-hybridized carbons (Fsp3) is 1.00. The zero-order valence-corrected chi connectivity index (χ0v) is 10.7. The van der Waals surface area contributed by atoms with E-state index < -0.39 is 0 Å². The van der Waals surface area contributed by atoms with E-state index in [1.807, 2.05) is 0 Å². The molecule has 0 aliphatic heterocycles. The van der Waals surface area contributed by atoms with Gasteiger partial charge < -0.3 is 15.4 Å². The van der Waals surface area contributed by atoms with Gasteiger partial charge in [0.15, 0.2) is 0 Å². The first-order chi connectivity index (χ1) is 7.72. The number of nitrogens with two attached hydrogens (primary N) is 1. The Labute approximate surface area is 99.3 Å².